The summed E-state index contributed by atoms with van der Waals surface area (Å²) in [5.74, 6) is 0.892. The van der Waals surface area contributed by atoms with Crippen molar-refractivity contribution >= 4 is 29.2 Å². The number of anilines is 1. The van der Waals surface area contributed by atoms with Gasteiger partial charge in [-0.2, -0.15) is 0 Å². The lowest BCUT2D eigenvalue weighted by molar-refractivity contribution is -0.115. The molecule has 27 heavy (non-hydrogen) atoms. The topological polar surface area (TPSA) is 79.5 Å². The number of amides is 3. The van der Waals surface area contributed by atoms with Crippen molar-refractivity contribution < 1.29 is 14.3 Å². The molecule has 0 aromatic heterocycles. The molecular weight excluding hydrogens is 366 g/mol. The first-order valence-corrected chi connectivity index (χ1v) is 9.16. The highest BCUT2D eigenvalue weighted by Crippen LogP contribution is 2.41. The summed E-state index contributed by atoms with van der Waals surface area (Å²) in [6.45, 7) is -0.117. The van der Waals surface area contributed by atoms with E-state index in [1.165, 1.54) is 0 Å². The Hall–Kier alpha value is -2.73. The fourth-order valence-corrected chi connectivity index (χ4v) is 2.93. The minimum atomic E-state index is -0.367. The molecule has 1 saturated carbocycles. The average Bonchev–Trinajstić information content (AvgIpc) is 3.51. The first-order valence-electron chi connectivity index (χ1n) is 8.79. The summed E-state index contributed by atoms with van der Waals surface area (Å²) in [7, 11) is 1.62. The summed E-state index contributed by atoms with van der Waals surface area (Å²) in [5.41, 5.74) is 1.65. The fraction of sp³-hybridized carbons (Fsp3) is 0.300. The number of ether oxygens (including phenoxy) is 1. The Morgan fingerprint density at radius 2 is 1.78 bits per heavy atom. The van der Waals surface area contributed by atoms with Crippen molar-refractivity contribution in [2.24, 2.45) is 5.92 Å². The van der Waals surface area contributed by atoms with Crippen LogP contribution in [0.4, 0.5) is 10.5 Å². The highest BCUT2D eigenvalue weighted by Gasteiger charge is 2.33. The number of carbonyl (C=O) groups excluding carboxylic acids is 2. The molecule has 142 valence electrons. The molecule has 2 aromatic rings. The Balaban J connectivity index is 1.50. The van der Waals surface area contributed by atoms with Crippen LogP contribution in [0.15, 0.2) is 48.5 Å². The van der Waals surface area contributed by atoms with Gasteiger partial charge in [-0.05, 0) is 60.7 Å². The maximum atomic E-state index is 12.2. The van der Waals surface area contributed by atoms with Crippen LogP contribution >= 0.6 is 11.6 Å². The van der Waals surface area contributed by atoms with Crippen LogP contribution in [-0.4, -0.2) is 25.6 Å². The zero-order chi connectivity index (χ0) is 19.2. The third kappa shape index (κ3) is 5.62. The number of hydrogen-bond acceptors (Lipinski definition) is 3. The Morgan fingerprint density at radius 3 is 2.37 bits per heavy atom. The molecule has 1 aliphatic carbocycles. The van der Waals surface area contributed by atoms with Crippen molar-refractivity contribution in [3.63, 3.8) is 0 Å². The van der Waals surface area contributed by atoms with E-state index >= 15 is 0 Å². The molecule has 0 radical (unpaired) electrons. The van der Waals surface area contributed by atoms with E-state index in [9.17, 15) is 9.59 Å². The highest BCUT2D eigenvalue weighted by molar-refractivity contribution is 6.30. The van der Waals surface area contributed by atoms with Gasteiger partial charge in [0.2, 0.25) is 5.91 Å². The van der Waals surface area contributed by atoms with Gasteiger partial charge in [-0.3, -0.25) is 4.79 Å². The second-order valence-corrected chi connectivity index (χ2v) is 6.91. The van der Waals surface area contributed by atoms with Crippen molar-refractivity contribution in [3.05, 3.63) is 59.1 Å². The lowest BCUT2D eigenvalue weighted by Gasteiger charge is -2.19. The van der Waals surface area contributed by atoms with E-state index in [0.29, 0.717) is 16.6 Å². The molecule has 1 aliphatic rings. The number of halogens is 1. The summed E-state index contributed by atoms with van der Waals surface area (Å²) < 4.78 is 5.17. The summed E-state index contributed by atoms with van der Waals surface area (Å²) in [6, 6.07) is 14.0. The highest BCUT2D eigenvalue weighted by atomic mass is 35.5. The molecule has 3 rings (SSSR count). The Morgan fingerprint density at radius 1 is 1.11 bits per heavy atom. The number of rotatable bonds is 7. The van der Waals surface area contributed by atoms with Gasteiger partial charge in [0.05, 0.1) is 19.7 Å². The van der Waals surface area contributed by atoms with Crippen molar-refractivity contribution in [3.8, 4) is 5.75 Å². The molecule has 3 N–H and O–H groups in total. The van der Waals surface area contributed by atoms with Crippen molar-refractivity contribution in [2.45, 2.75) is 18.9 Å². The Kier molecular flexibility index (Phi) is 6.19. The maximum Gasteiger partial charge on any atom is 0.315 e. The van der Waals surface area contributed by atoms with E-state index in [2.05, 4.69) is 16.0 Å². The third-order valence-corrected chi connectivity index (χ3v) is 4.64. The maximum absolute atomic E-state index is 12.2. The van der Waals surface area contributed by atoms with Crippen molar-refractivity contribution in [1.82, 2.24) is 10.6 Å². The summed E-state index contributed by atoms with van der Waals surface area (Å²) in [6.07, 6.45) is 2.15. The monoisotopic (exact) mass is 387 g/mol. The summed E-state index contributed by atoms with van der Waals surface area (Å²) in [5, 5.41) is 8.87. The summed E-state index contributed by atoms with van der Waals surface area (Å²) in [4.78, 5) is 24.2. The number of methoxy groups -OCH3 is 1. The second kappa shape index (κ2) is 8.77. The second-order valence-electron chi connectivity index (χ2n) is 6.47. The Bertz CT molecular complexity index is 789. The number of nitrogens with one attached hydrogen (secondary N) is 3. The molecule has 0 saturated heterocycles. The number of hydrogen-bond donors (Lipinski definition) is 3. The molecule has 0 aliphatic heterocycles. The predicted octanol–water partition coefficient (Wildman–Crippen LogP) is 3.74. The Labute approximate surface area is 163 Å². The first-order chi connectivity index (χ1) is 13.0. The van der Waals surface area contributed by atoms with Crippen LogP contribution in [0.25, 0.3) is 0 Å². The van der Waals surface area contributed by atoms with Crippen LogP contribution < -0.4 is 20.7 Å². The van der Waals surface area contributed by atoms with Gasteiger partial charge in [0, 0.05) is 10.7 Å². The van der Waals surface area contributed by atoms with Crippen LogP contribution in [0, 0.1) is 5.92 Å². The molecule has 6 nitrogen and oxygen atoms in total. The van der Waals surface area contributed by atoms with Gasteiger partial charge in [-0.25, -0.2) is 4.79 Å². The smallest absolute Gasteiger partial charge is 0.315 e. The summed E-state index contributed by atoms with van der Waals surface area (Å²) >= 11 is 5.81. The molecular formula is C20H22ClN3O3. The zero-order valence-corrected chi connectivity index (χ0v) is 15.8. The molecule has 1 unspecified atom stereocenters. The largest absolute Gasteiger partial charge is 0.497 e. The van der Waals surface area contributed by atoms with Crippen LogP contribution in [-0.2, 0) is 4.79 Å². The third-order valence-electron chi connectivity index (χ3n) is 4.39. The number of benzene rings is 2. The zero-order valence-electron chi connectivity index (χ0n) is 15.0. The van der Waals surface area contributed by atoms with Crippen molar-refractivity contribution in [2.75, 3.05) is 19.0 Å². The van der Waals surface area contributed by atoms with Gasteiger partial charge in [-0.15, -0.1) is 0 Å². The van der Waals surface area contributed by atoms with Gasteiger partial charge < -0.3 is 20.7 Å². The van der Waals surface area contributed by atoms with E-state index in [-0.39, 0.29) is 24.5 Å². The predicted molar refractivity (Wildman–Crippen MR) is 105 cm³/mol. The standard InChI is InChI=1S/C20H22ClN3O3/c1-27-17-10-4-14(5-11-17)19(13-2-3-13)24-20(26)22-12-18(25)23-16-8-6-15(21)7-9-16/h4-11,13,19H,2-3,12H2,1H3,(H,23,25)(H2,22,24,26). The van der Waals surface area contributed by atoms with Crippen LogP contribution in [0.2, 0.25) is 5.02 Å². The van der Waals surface area contributed by atoms with E-state index in [4.69, 9.17) is 16.3 Å². The minimum absolute atomic E-state index is 0.0739. The van der Waals surface area contributed by atoms with E-state index in [1.807, 2.05) is 24.3 Å². The molecule has 7 heteroatoms. The SMILES string of the molecule is COc1ccc(C(NC(=O)NCC(=O)Nc2ccc(Cl)cc2)C2CC2)cc1. The molecule has 0 bridgehead atoms. The van der Waals surface area contributed by atoms with E-state index in [1.54, 1.807) is 31.4 Å². The van der Waals surface area contributed by atoms with Gasteiger partial charge >= 0.3 is 6.03 Å². The van der Waals surface area contributed by atoms with Crippen LogP contribution in [0.3, 0.4) is 0 Å². The fourth-order valence-electron chi connectivity index (χ4n) is 2.81. The lowest BCUT2D eigenvalue weighted by atomic mass is 10.0. The first kappa shape index (κ1) is 19.0. The van der Waals surface area contributed by atoms with E-state index in [0.717, 1.165) is 24.2 Å². The lowest BCUT2D eigenvalue weighted by Crippen LogP contribution is -2.42. The number of carbonyl (C=O) groups is 2. The molecule has 2 aromatic carbocycles. The van der Waals surface area contributed by atoms with E-state index < -0.39 is 0 Å². The van der Waals surface area contributed by atoms with Gasteiger partial charge in [-0.1, -0.05) is 23.7 Å². The van der Waals surface area contributed by atoms with Gasteiger partial charge in [0.25, 0.3) is 0 Å². The molecule has 1 atom stereocenters. The molecule has 3 amide bonds. The average molecular weight is 388 g/mol. The molecule has 0 spiro atoms. The van der Waals surface area contributed by atoms with Gasteiger partial charge in [0.1, 0.15) is 5.75 Å². The molecule has 1 fully saturated rings. The van der Waals surface area contributed by atoms with Gasteiger partial charge in [0.15, 0.2) is 0 Å². The quantitative estimate of drug-likeness (QED) is 0.677. The minimum Gasteiger partial charge on any atom is -0.497 e. The van der Waals surface area contributed by atoms with Crippen LogP contribution in [0.1, 0.15) is 24.4 Å². The normalized spacial score (nSPS) is 14.1. The van der Waals surface area contributed by atoms with Crippen LogP contribution in [0.5, 0.6) is 5.75 Å². The van der Waals surface area contributed by atoms with Crippen molar-refractivity contribution in [1.29, 1.82) is 0 Å². The number of urea groups is 1. The molecule has 0 heterocycles.